The zero-order chi connectivity index (χ0) is 22.1. The summed E-state index contributed by atoms with van der Waals surface area (Å²) >= 11 is 0. The first-order valence-corrected chi connectivity index (χ1v) is 10.2. The summed E-state index contributed by atoms with van der Waals surface area (Å²) in [6, 6.07) is 10.5. The van der Waals surface area contributed by atoms with Gasteiger partial charge in [0.05, 0.1) is 18.3 Å². The maximum absolute atomic E-state index is 12.8. The van der Waals surface area contributed by atoms with Crippen molar-refractivity contribution in [3.63, 3.8) is 0 Å². The predicted octanol–water partition coefficient (Wildman–Crippen LogP) is 4.60. The lowest BCUT2D eigenvalue weighted by Crippen LogP contribution is -2.36. The number of pyridine rings is 1. The van der Waals surface area contributed by atoms with Crippen molar-refractivity contribution in [1.29, 1.82) is 0 Å². The van der Waals surface area contributed by atoms with Gasteiger partial charge < -0.3 is 15.2 Å². The van der Waals surface area contributed by atoms with Gasteiger partial charge in [-0.2, -0.15) is 18.2 Å². The molecule has 2 aromatic heterocycles. The molecule has 1 aliphatic rings. The first-order chi connectivity index (χ1) is 14.8. The minimum Gasteiger partial charge on any atom is -0.393 e. The lowest BCUT2D eigenvalue weighted by molar-refractivity contribution is -0.137. The number of benzene rings is 1. The van der Waals surface area contributed by atoms with E-state index in [9.17, 15) is 18.3 Å². The second-order valence-electron chi connectivity index (χ2n) is 8.26. The van der Waals surface area contributed by atoms with Crippen LogP contribution in [0.4, 0.5) is 24.8 Å². The maximum Gasteiger partial charge on any atom is 0.416 e. The van der Waals surface area contributed by atoms with Crippen molar-refractivity contribution in [3.05, 3.63) is 53.7 Å². The molecule has 0 saturated heterocycles. The average molecular weight is 434 g/mol. The van der Waals surface area contributed by atoms with Crippen molar-refractivity contribution in [2.75, 3.05) is 19.0 Å². The van der Waals surface area contributed by atoms with Crippen molar-refractivity contribution < 1.29 is 23.0 Å². The standard InChI is InChI=1S/C22H25F3N4O2/c1-31-14-21(11-9-18(30)10-12-21)13-17-3-2-4-19-27-20(28-29(17)19)26-16-7-5-15(6-8-16)22(23,24)25/h2-8,18,30H,9-14H2,1H3,(H,26,28). The largest absolute Gasteiger partial charge is 0.416 e. The number of anilines is 2. The summed E-state index contributed by atoms with van der Waals surface area (Å²) < 4.78 is 45.5. The lowest BCUT2D eigenvalue weighted by Gasteiger charge is -2.38. The number of methoxy groups -OCH3 is 1. The van der Waals surface area contributed by atoms with Crippen LogP contribution in [0.15, 0.2) is 42.5 Å². The molecule has 0 radical (unpaired) electrons. The zero-order valence-corrected chi connectivity index (χ0v) is 17.2. The molecule has 3 aromatic rings. The fourth-order valence-corrected chi connectivity index (χ4v) is 4.30. The Bertz CT molecular complexity index is 1030. The van der Waals surface area contributed by atoms with Gasteiger partial charge in [-0.25, -0.2) is 4.52 Å². The van der Waals surface area contributed by atoms with Crippen LogP contribution in [-0.4, -0.2) is 39.5 Å². The predicted molar refractivity (Wildman–Crippen MR) is 110 cm³/mol. The monoisotopic (exact) mass is 434 g/mol. The van der Waals surface area contributed by atoms with E-state index in [4.69, 9.17) is 4.74 Å². The number of rotatable bonds is 6. The summed E-state index contributed by atoms with van der Waals surface area (Å²) in [7, 11) is 1.69. The van der Waals surface area contributed by atoms with Gasteiger partial charge in [-0.15, -0.1) is 5.10 Å². The van der Waals surface area contributed by atoms with Gasteiger partial charge in [0, 0.05) is 18.5 Å². The molecule has 6 nitrogen and oxygen atoms in total. The van der Waals surface area contributed by atoms with Crippen LogP contribution in [0.3, 0.4) is 0 Å². The van der Waals surface area contributed by atoms with E-state index in [1.807, 2.05) is 18.2 Å². The molecule has 1 fully saturated rings. The van der Waals surface area contributed by atoms with Crippen molar-refractivity contribution >= 4 is 17.3 Å². The number of halogens is 3. The highest BCUT2D eigenvalue weighted by Crippen LogP contribution is 2.39. The molecule has 1 saturated carbocycles. The van der Waals surface area contributed by atoms with Gasteiger partial charge in [-0.1, -0.05) is 6.07 Å². The molecule has 9 heteroatoms. The zero-order valence-electron chi connectivity index (χ0n) is 17.2. The Morgan fingerprint density at radius 3 is 2.52 bits per heavy atom. The van der Waals surface area contributed by atoms with E-state index >= 15 is 0 Å². The fraction of sp³-hybridized carbons (Fsp3) is 0.455. The number of alkyl halides is 3. The highest BCUT2D eigenvalue weighted by molar-refractivity contribution is 5.56. The number of aliphatic hydroxyl groups is 1. The van der Waals surface area contributed by atoms with Crippen LogP contribution in [-0.2, 0) is 17.3 Å². The van der Waals surface area contributed by atoms with Gasteiger partial charge in [-0.3, -0.25) is 0 Å². The SMILES string of the molecule is COCC1(Cc2cccc3nc(Nc4ccc(C(F)(F)F)cc4)nn23)CCC(O)CC1. The molecule has 1 aromatic carbocycles. The number of nitrogens with one attached hydrogen (secondary N) is 1. The normalized spacial score (nSPS) is 22.0. The molecule has 166 valence electrons. The molecule has 0 aliphatic heterocycles. The van der Waals surface area contributed by atoms with Crippen LogP contribution in [0, 0.1) is 5.41 Å². The van der Waals surface area contributed by atoms with Gasteiger partial charge in [-0.05, 0) is 73.9 Å². The van der Waals surface area contributed by atoms with Gasteiger partial charge in [0.1, 0.15) is 0 Å². The number of nitrogens with zero attached hydrogens (tertiary/aromatic N) is 3. The average Bonchev–Trinajstić information content (AvgIpc) is 3.14. The fourth-order valence-electron chi connectivity index (χ4n) is 4.30. The van der Waals surface area contributed by atoms with Gasteiger partial charge in [0.2, 0.25) is 5.95 Å². The lowest BCUT2D eigenvalue weighted by atomic mass is 9.71. The molecule has 0 atom stereocenters. The Morgan fingerprint density at radius 1 is 1.16 bits per heavy atom. The molecule has 0 bridgehead atoms. The van der Waals surface area contributed by atoms with E-state index in [2.05, 4.69) is 15.4 Å². The van der Waals surface area contributed by atoms with Crippen LogP contribution >= 0.6 is 0 Å². The molecule has 0 unspecified atom stereocenters. The summed E-state index contributed by atoms with van der Waals surface area (Å²) in [5.41, 5.74) is 1.32. The van der Waals surface area contributed by atoms with Crippen LogP contribution in [0.2, 0.25) is 0 Å². The third-order valence-electron chi connectivity index (χ3n) is 5.93. The Labute approximate surface area is 178 Å². The van der Waals surface area contributed by atoms with E-state index in [-0.39, 0.29) is 11.5 Å². The second kappa shape index (κ2) is 8.47. The molecule has 2 N–H and O–H groups in total. The molecular formula is C22H25F3N4O2. The quantitative estimate of drug-likeness (QED) is 0.593. The van der Waals surface area contributed by atoms with Crippen molar-refractivity contribution in [1.82, 2.24) is 14.6 Å². The summed E-state index contributed by atoms with van der Waals surface area (Å²) in [4.78, 5) is 4.46. The van der Waals surface area contributed by atoms with Crippen LogP contribution < -0.4 is 5.32 Å². The van der Waals surface area contributed by atoms with E-state index in [0.717, 1.165) is 49.9 Å². The first kappa shape index (κ1) is 21.6. The second-order valence-corrected chi connectivity index (χ2v) is 8.26. The molecule has 0 spiro atoms. The smallest absolute Gasteiger partial charge is 0.393 e. The van der Waals surface area contributed by atoms with Gasteiger partial charge >= 0.3 is 6.18 Å². The molecule has 31 heavy (non-hydrogen) atoms. The highest BCUT2D eigenvalue weighted by atomic mass is 19.4. The van der Waals surface area contributed by atoms with Gasteiger partial charge in [0.15, 0.2) is 5.65 Å². The number of aliphatic hydroxyl groups excluding tert-OH is 1. The Morgan fingerprint density at radius 2 is 1.87 bits per heavy atom. The topological polar surface area (TPSA) is 71.7 Å². The first-order valence-electron chi connectivity index (χ1n) is 10.2. The molecular weight excluding hydrogens is 409 g/mol. The molecule has 2 heterocycles. The summed E-state index contributed by atoms with van der Waals surface area (Å²) in [5.74, 6) is 0.312. The number of fused-ring (bicyclic) bond motifs is 1. The van der Waals surface area contributed by atoms with Crippen molar-refractivity contribution in [3.8, 4) is 0 Å². The van der Waals surface area contributed by atoms with Crippen LogP contribution in [0.1, 0.15) is 36.9 Å². The third-order valence-corrected chi connectivity index (χ3v) is 5.93. The van der Waals surface area contributed by atoms with Crippen molar-refractivity contribution in [2.24, 2.45) is 5.41 Å². The number of ether oxygens (including phenoxy) is 1. The van der Waals surface area contributed by atoms with E-state index in [1.165, 1.54) is 12.1 Å². The molecule has 1 aliphatic carbocycles. The molecule has 4 rings (SSSR count). The van der Waals surface area contributed by atoms with E-state index in [0.29, 0.717) is 23.9 Å². The molecule has 0 amide bonds. The Hall–Kier alpha value is -2.65. The van der Waals surface area contributed by atoms with Crippen LogP contribution in [0.25, 0.3) is 5.65 Å². The van der Waals surface area contributed by atoms with E-state index < -0.39 is 11.7 Å². The number of hydrogen-bond acceptors (Lipinski definition) is 5. The Balaban J connectivity index is 1.57. The highest BCUT2D eigenvalue weighted by Gasteiger charge is 2.36. The summed E-state index contributed by atoms with van der Waals surface area (Å²) in [5, 5.41) is 17.4. The number of hydrogen-bond donors (Lipinski definition) is 2. The van der Waals surface area contributed by atoms with Crippen LogP contribution in [0.5, 0.6) is 0 Å². The minimum absolute atomic E-state index is 0.0742. The van der Waals surface area contributed by atoms with E-state index in [1.54, 1.807) is 11.6 Å². The maximum atomic E-state index is 12.8. The summed E-state index contributed by atoms with van der Waals surface area (Å²) in [6.45, 7) is 0.599. The Kier molecular flexibility index (Phi) is 5.90. The number of aromatic nitrogens is 3. The third kappa shape index (κ3) is 4.83. The van der Waals surface area contributed by atoms with Gasteiger partial charge in [0.25, 0.3) is 0 Å². The van der Waals surface area contributed by atoms with Crippen molar-refractivity contribution in [2.45, 2.75) is 44.4 Å². The summed E-state index contributed by atoms with van der Waals surface area (Å²) in [6.07, 6.45) is -0.676. The minimum atomic E-state index is -4.37.